The smallest absolute Gasteiger partial charge is 0.152 e. The fourth-order valence-electron chi connectivity index (χ4n) is 0.321. The molecule has 0 heterocycles. The molecule has 0 nitrogen and oxygen atoms in total. The van der Waals surface area contributed by atoms with Crippen LogP contribution in [-0.4, -0.2) is 0 Å². The predicted molar refractivity (Wildman–Crippen MR) is 43.1 cm³/mol. The molecule has 0 aromatic heterocycles. The van der Waals surface area contributed by atoms with Gasteiger partial charge in [0.05, 0.1) is 0 Å². The molecule has 86 valence electrons. The van der Waals surface area contributed by atoms with E-state index in [0.717, 1.165) is 0 Å². The van der Waals surface area contributed by atoms with Crippen molar-refractivity contribution in [3.63, 3.8) is 0 Å². The van der Waals surface area contributed by atoms with Crippen LogP contribution in [0.5, 0.6) is 0 Å². The minimum Gasteiger partial charge on any atom is -0.152 e. The number of rotatable bonds is 0. The first-order chi connectivity index (χ1) is 5.96. The van der Waals surface area contributed by atoms with E-state index in [2.05, 4.69) is 0 Å². The van der Waals surface area contributed by atoms with Gasteiger partial charge in [-0.1, -0.05) is 24.3 Å². The molecule has 0 fully saturated rings. The molecule has 1 rings (SSSR count). The summed E-state index contributed by atoms with van der Waals surface area (Å²) in [5.41, 5.74) is 0. The Morgan fingerprint density at radius 2 is 0.786 bits per heavy atom. The van der Waals surface area contributed by atoms with E-state index in [1.165, 1.54) is 0 Å². The largest absolute Gasteiger partial charge is 0.456 e. The summed E-state index contributed by atoms with van der Waals surface area (Å²) in [6.45, 7) is 0. The quantitative estimate of drug-likeness (QED) is 0.307. The van der Waals surface area contributed by atoms with Crippen LogP contribution >= 0.6 is 17.7 Å². The van der Waals surface area contributed by atoms with Gasteiger partial charge in [-0.15, -0.1) is 0 Å². The first-order valence-corrected chi connectivity index (χ1v) is 4.71. The summed E-state index contributed by atoms with van der Waals surface area (Å²) in [7, 11) is -8.24. The van der Waals surface area contributed by atoms with E-state index in [9.17, 15) is 25.2 Å². The van der Waals surface area contributed by atoms with Crippen LogP contribution in [-0.2, 0) is 19.5 Å². The van der Waals surface area contributed by atoms with Crippen LogP contribution in [0.4, 0.5) is 25.2 Å². The van der Waals surface area contributed by atoms with Crippen LogP contribution in [0.2, 0.25) is 0 Å². The molecule has 2 radical (unpaired) electrons. The minimum atomic E-state index is -4.12. The third-order valence-corrected chi connectivity index (χ3v) is 0.556. The average Bonchev–Trinajstić information content (AvgIpc) is 2.35. The Labute approximate surface area is 93.4 Å². The fourth-order valence-corrected chi connectivity index (χ4v) is 0.321. The van der Waals surface area contributed by atoms with Crippen LogP contribution in [0.1, 0.15) is 0 Å². The predicted octanol–water partition coefficient (Wildman–Crippen LogP) is 5.56. The Morgan fingerprint density at radius 3 is 0.857 bits per heavy atom. The van der Waals surface area contributed by atoms with E-state index in [-0.39, 0.29) is 19.5 Å². The molecule has 0 amide bonds. The molecule has 1 aliphatic carbocycles. The molecule has 0 aromatic rings. The Kier molecular flexibility index (Phi) is 22.9. The van der Waals surface area contributed by atoms with Crippen LogP contribution in [0.15, 0.2) is 24.3 Å². The zero-order valence-electron chi connectivity index (χ0n) is 6.38. The van der Waals surface area contributed by atoms with Crippen molar-refractivity contribution in [3.05, 3.63) is 30.7 Å². The molecule has 0 saturated carbocycles. The van der Waals surface area contributed by atoms with Crippen molar-refractivity contribution < 1.29 is 44.7 Å². The average molecular weight is 344 g/mol. The van der Waals surface area contributed by atoms with Gasteiger partial charge in [0.25, 0.3) is 0 Å². The summed E-state index contributed by atoms with van der Waals surface area (Å²) in [6.07, 6.45) is 10.0. The zero-order chi connectivity index (χ0) is 10.7. The van der Waals surface area contributed by atoms with E-state index in [0.29, 0.717) is 0 Å². The molecule has 9 heteroatoms. The van der Waals surface area contributed by atoms with Crippen molar-refractivity contribution in [3.8, 4) is 0 Å². The third-order valence-electron chi connectivity index (χ3n) is 0.556. The molecule has 1 aliphatic rings. The van der Waals surface area contributed by atoms with Crippen molar-refractivity contribution in [2.75, 3.05) is 0 Å². The summed E-state index contributed by atoms with van der Waals surface area (Å²) in [5, 5.41) is 0. The van der Waals surface area contributed by atoms with Crippen molar-refractivity contribution in [2.45, 2.75) is 0 Å². The minimum absolute atomic E-state index is 0. The van der Waals surface area contributed by atoms with Crippen molar-refractivity contribution in [1.82, 2.24) is 0 Å². The Balaban J connectivity index is -0.000000127. The normalized spacial score (nSPS) is 11.4. The number of hydrogen-bond donors (Lipinski definition) is 0. The topological polar surface area (TPSA) is 0 Å². The number of hydrogen-bond acceptors (Lipinski definition) is 0. The van der Waals surface area contributed by atoms with Gasteiger partial charge < -0.3 is 0 Å². The second-order valence-corrected chi connectivity index (χ2v) is 2.11. The molecular formula is C5H5F6P2Rh. The second kappa shape index (κ2) is 16.0. The maximum atomic E-state index is 9.73. The molecule has 0 unspecified atom stereocenters. The van der Waals surface area contributed by atoms with Crippen molar-refractivity contribution in [1.29, 1.82) is 0 Å². The molecular weight excluding hydrogens is 339 g/mol. The van der Waals surface area contributed by atoms with E-state index in [4.69, 9.17) is 0 Å². The van der Waals surface area contributed by atoms with Gasteiger partial charge in [-0.2, -0.15) is 25.2 Å². The van der Waals surface area contributed by atoms with Gasteiger partial charge in [0.1, 0.15) is 0 Å². The third kappa shape index (κ3) is 54.4. The van der Waals surface area contributed by atoms with Gasteiger partial charge in [-0.25, -0.2) is 0 Å². The van der Waals surface area contributed by atoms with Crippen molar-refractivity contribution in [2.24, 2.45) is 0 Å². The van der Waals surface area contributed by atoms with Gasteiger partial charge in [-0.3, -0.25) is 0 Å². The summed E-state index contributed by atoms with van der Waals surface area (Å²) in [4.78, 5) is 0. The summed E-state index contributed by atoms with van der Waals surface area (Å²) in [5.74, 6) is 0. The Bertz CT molecular complexity index is 130. The number of halogens is 6. The van der Waals surface area contributed by atoms with Crippen molar-refractivity contribution >= 4 is 17.7 Å². The van der Waals surface area contributed by atoms with Gasteiger partial charge in [0, 0.05) is 25.9 Å². The van der Waals surface area contributed by atoms with E-state index >= 15 is 0 Å². The molecule has 14 heavy (non-hydrogen) atoms. The molecule has 0 aliphatic heterocycles. The standard InChI is InChI=1S/C5H5.2F3P.Rh/c1-2-4-5-3-1;2*1-4(2)3;/h1-5H;;;. The monoisotopic (exact) mass is 344 g/mol. The SMILES string of the molecule is FP(F)F.FP(F)F.[CH]1C=CC=C1.[Rh]. The van der Waals surface area contributed by atoms with Crippen LogP contribution in [0.25, 0.3) is 0 Å². The van der Waals surface area contributed by atoms with Gasteiger partial charge in [0.15, 0.2) is 0 Å². The zero-order valence-corrected chi connectivity index (χ0v) is 9.81. The number of allylic oxidation sites excluding steroid dienone is 4. The summed E-state index contributed by atoms with van der Waals surface area (Å²) >= 11 is 0. The van der Waals surface area contributed by atoms with Crippen LogP contribution < -0.4 is 0 Å². The van der Waals surface area contributed by atoms with Gasteiger partial charge in [0.2, 0.25) is 0 Å². The van der Waals surface area contributed by atoms with Crippen LogP contribution in [0, 0.1) is 6.42 Å². The van der Waals surface area contributed by atoms with Gasteiger partial charge in [-0.05, 0) is 0 Å². The summed E-state index contributed by atoms with van der Waals surface area (Å²) < 4.78 is 58.4. The van der Waals surface area contributed by atoms with E-state index in [1.807, 2.05) is 30.7 Å². The molecule has 0 bridgehead atoms. The molecule has 0 atom stereocenters. The molecule has 0 spiro atoms. The Hall–Kier alpha value is 0.543. The molecule has 0 N–H and O–H groups in total. The maximum absolute atomic E-state index is 9.73. The fraction of sp³-hybridized carbons (Fsp3) is 0. The first kappa shape index (κ1) is 20.0. The van der Waals surface area contributed by atoms with E-state index in [1.54, 1.807) is 0 Å². The maximum Gasteiger partial charge on any atom is 0.456 e. The van der Waals surface area contributed by atoms with E-state index < -0.39 is 17.7 Å². The first-order valence-electron chi connectivity index (χ1n) is 2.68. The second-order valence-electron chi connectivity index (χ2n) is 1.35. The van der Waals surface area contributed by atoms with Gasteiger partial charge >= 0.3 is 17.7 Å². The molecule has 0 aromatic carbocycles. The summed E-state index contributed by atoms with van der Waals surface area (Å²) in [6, 6.07) is 0. The Morgan fingerprint density at radius 1 is 0.571 bits per heavy atom. The molecule has 0 saturated heterocycles. The van der Waals surface area contributed by atoms with Crippen LogP contribution in [0.3, 0.4) is 0 Å².